The maximum atomic E-state index is 12.0. The molecule has 1 rings (SSSR count). The van der Waals surface area contributed by atoms with Crippen molar-refractivity contribution in [3.63, 3.8) is 0 Å². The van der Waals surface area contributed by atoms with Gasteiger partial charge in [0.05, 0.1) is 6.61 Å². The summed E-state index contributed by atoms with van der Waals surface area (Å²) in [6.45, 7) is 4.98. The van der Waals surface area contributed by atoms with Crippen molar-refractivity contribution in [3.8, 4) is 0 Å². The van der Waals surface area contributed by atoms with Crippen molar-refractivity contribution in [1.82, 2.24) is 15.1 Å². The first-order valence-electron chi connectivity index (χ1n) is 5.07. The van der Waals surface area contributed by atoms with E-state index in [2.05, 4.69) is 16.8 Å². The van der Waals surface area contributed by atoms with E-state index in [1.165, 1.54) is 6.07 Å². The summed E-state index contributed by atoms with van der Waals surface area (Å²) >= 11 is 5.61. The van der Waals surface area contributed by atoms with Gasteiger partial charge in [0, 0.05) is 20.2 Å². The van der Waals surface area contributed by atoms with Crippen LogP contribution in [0.25, 0.3) is 0 Å². The molecule has 0 spiro atoms. The summed E-state index contributed by atoms with van der Waals surface area (Å²) in [5.74, 6) is -0.217. The van der Waals surface area contributed by atoms with Crippen molar-refractivity contribution < 1.29 is 9.53 Å². The summed E-state index contributed by atoms with van der Waals surface area (Å²) in [7, 11) is 1.58. The second-order valence-electron chi connectivity index (χ2n) is 3.27. The van der Waals surface area contributed by atoms with Crippen LogP contribution in [0, 0.1) is 0 Å². The molecule has 0 aliphatic rings. The van der Waals surface area contributed by atoms with Crippen LogP contribution in [-0.2, 0) is 4.74 Å². The predicted octanol–water partition coefficient (Wildman–Crippen LogP) is 1.40. The Balaban J connectivity index is 2.75. The Hall–Kier alpha value is -1.46. The molecule has 0 aliphatic heterocycles. The third-order valence-electron chi connectivity index (χ3n) is 2.05. The van der Waals surface area contributed by atoms with E-state index in [0.717, 1.165) is 0 Å². The molecule has 92 valence electrons. The number of carbonyl (C=O) groups excluding carboxylic acids is 1. The van der Waals surface area contributed by atoms with Crippen LogP contribution in [0.2, 0.25) is 5.15 Å². The van der Waals surface area contributed by atoms with Crippen LogP contribution in [0.4, 0.5) is 0 Å². The van der Waals surface area contributed by atoms with Crippen LogP contribution in [0.3, 0.4) is 0 Å². The Morgan fingerprint density at radius 3 is 2.88 bits per heavy atom. The van der Waals surface area contributed by atoms with Crippen molar-refractivity contribution in [2.45, 2.75) is 0 Å². The van der Waals surface area contributed by atoms with E-state index in [4.69, 9.17) is 16.3 Å². The topological polar surface area (TPSA) is 55.3 Å². The molecule has 0 N–H and O–H groups in total. The van der Waals surface area contributed by atoms with E-state index in [1.807, 2.05) is 0 Å². The molecule has 0 aliphatic carbocycles. The molecule has 0 unspecified atom stereocenters. The van der Waals surface area contributed by atoms with Crippen molar-refractivity contribution in [1.29, 1.82) is 0 Å². The zero-order valence-electron chi connectivity index (χ0n) is 9.60. The van der Waals surface area contributed by atoms with Crippen molar-refractivity contribution >= 4 is 17.5 Å². The molecule has 0 atom stereocenters. The van der Waals surface area contributed by atoms with Gasteiger partial charge in [-0.25, -0.2) is 0 Å². The van der Waals surface area contributed by atoms with Gasteiger partial charge >= 0.3 is 0 Å². The highest BCUT2D eigenvalue weighted by molar-refractivity contribution is 6.29. The number of rotatable bonds is 6. The average molecular weight is 256 g/mol. The molecule has 0 saturated heterocycles. The number of amides is 1. The first kappa shape index (κ1) is 13.6. The third kappa shape index (κ3) is 4.13. The summed E-state index contributed by atoms with van der Waals surface area (Å²) in [5.41, 5.74) is 0.257. The normalized spacial score (nSPS) is 10.0. The van der Waals surface area contributed by atoms with E-state index < -0.39 is 0 Å². The van der Waals surface area contributed by atoms with Gasteiger partial charge in [-0.3, -0.25) is 4.79 Å². The zero-order valence-corrected chi connectivity index (χ0v) is 10.4. The molecule has 0 aromatic carbocycles. The Morgan fingerprint density at radius 1 is 1.59 bits per heavy atom. The van der Waals surface area contributed by atoms with E-state index >= 15 is 0 Å². The molecule has 0 fully saturated rings. The van der Waals surface area contributed by atoms with E-state index in [-0.39, 0.29) is 16.8 Å². The number of methoxy groups -OCH3 is 1. The molecular formula is C11H14ClN3O2. The quantitative estimate of drug-likeness (QED) is 0.721. The summed E-state index contributed by atoms with van der Waals surface area (Å²) in [5, 5.41) is 7.63. The lowest BCUT2D eigenvalue weighted by Gasteiger charge is -2.19. The Labute approximate surface area is 105 Å². The lowest BCUT2D eigenvalue weighted by atomic mass is 10.3. The fourth-order valence-electron chi connectivity index (χ4n) is 1.23. The lowest BCUT2D eigenvalue weighted by molar-refractivity contribution is 0.0711. The minimum absolute atomic E-state index is 0.217. The molecule has 17 heavy (non-hydrogen) atoms. The van der Waals surface area contributed by atoms with Crippen LogP contribution >= 0.6 is 11.6 Å². The largest absolute Gasteiger partial charge is 0.383 e. The first-order chi connectivity index (χ1) is 8.19. The molecule has 0 radical (unpaired) electrons. The molecule has 1 amide bonds. The Bertz CT molecular complexity index is 381. The minimum Gasteiger partial charge on any atom is -0.383 e. The number of ether oxygens (including phenoxy) is 1. The summed E-state index contributed by atoms with van der Waals surface area (Å²) < 4.78 is 4.94. The van der Waals surface area contributed by atoms with Crippen molar-refractivity contribution in [2.75, 3.05) is 26.8 Å². The predicted molar refractivity (Wildman–Crippen MR) is 65.0 cm³/mol. The maximum absolute atomic E-state index is 12.0. The second kappa shape index (κ2) is 6.98. The standard InChI is InChI=1S/C11H14ClN3O2/c1-3-6-15(7-8-17-2)11(16)9-4-5-10(12)14-13-9/h3-5H,1,6-8H2,2H3. The number of hydrogen-bond acceptors (Lipinski definition) is 4. The summed E-state index contributed by atoms with van der Waals surface area (Å²) in [6, 6.07) is 3.07. The average Bonchev–Trinajstić information content (AvgIpc) is 2.34. The van der Waals surface area contributed by atoms with Crippen LogP contribution in [-0.4, -0.2) is 47.8 Å². The summed E-state index contributed by atoms with van der Waals surface area (Å²) in [6.07, 6.45) is 1.65. The SMILES string of the molecule is C=CCN(CCOC)C(=O)c1ccc(Cl)nn1. The van der Waals surface area contributed by atoms with Crippen molar-refractivity contribution in [2.24, 2.45) is 0 Å². The summed E-state index contributed by atoms with van der Waals surface area (Å²) in [4.78, 5) is 13.6. The fraction of sp³-hybridized carbons (Fsp3) is 0.364. The Morgan fingerprint density at radius 2 is 2.35 bits per heavy atom. The van der Waals surface area contributed by atoms with Gasteiger partial charge in [-0.1, -0.05) is 17.7 Å². The van der Waals surface area contributed by atoms with Gasteiger partial charge in [0.15, 0.2) is 10.8 Å². The molecule has 0 bridgehead atoms. The number of aromatic nitrogens is 2. The number of hydrogen-bond donors (Lipinski definition) is 0. The number of halogens is 1. The van der Waals surface area contributed by atoms with Gasteiger partial charge in [0.2, 0.25) is 0 Å². The van der Waals surface area contributed by atoms with Gasteiger partial charge in [-0.2, -0.15) is 0 Å². The number of carbonyl (C=O) groups is 1. The van der Waals surface area contributed by atoms with Gasteiger partial charge in [-0.15, -0.1) is 16.8 Å². The van der Waals surface area contributed by atoms with Crippen LogP contribution in [0.5, 0.6) is 0 Å². The van der Waals surface area contributed by atoms with E-state index in [0.29, 0.717) is 19.7 Å². The Kier molecular flexibility index (Phi) is 5.59. The van der Waals surface area contributed by atoms with E-state index in [9.17, 15) is 4.79 Å². The molecule has 1 heterocycles. The highest BCUT2D eigenvalue weighted by atomic mass is 35.5. The third-order valence-corrected chi connectivity index (χ3v) is 2.25. The maximum Gasteiger partial charge on any atom is 0.274 e. The molecule has 0 saturated carbocycles. The van der Waals surface area contributed by atoms with Gasteiger partial charge in [0.1, 0.15) is 0 Å². The molecule has 6 heteroatoms. The lowest BCUT2D eigenvalue weighted by Crippen LogP contribution is -2.34. The molecule has 5 nitrogen and oxygen atoms in total. The van der Waals surface area contributed by atoms with Gasteiger partial charge < -0.3 is 9.64 Å². The van der Waals surface area contributed by atoms with E-state index in [1.54, 1.807) is 24.2 Å². The molecule has 1 aromatic rings. The molecular weight excluding hydrogens is 242 g/mol. The first-order valence-corrected chi connectivity index (χ1v) is 5.45. The van der Waals surface area contributed by atoms with Gasteiger partial charge in [0.25, 0.3) is 5.91 Å². The van der Waals surface area contributed by atoms with Crippen LogP contribution in [0.1, 0.15) is 10.5 Å². The number of nitrogens with zero attached hydrogens (tertiary/aromatic N) is 3. The monoisotopic (exact) mass is 255 g/mol. The highest BCUT2D eigenvalue weighted by Gasteiger charge is 2.15. The second-order valence-corrected chi connectivity index (χ2v) is 3.66. The van der Waals surface area contributed by atoms with Gasteiger partial charge in [-0.05, 0) is 12.1 Å². The van der Waals surface area contributed by atoms with Crippen LogP contribution in [0.15, 0.2) is 24.8 Å². The van der Waals surface area contributed by atoms with Crippen molar-refractivity contribution in [3.05, 3.63) is 35.6 Å². The molecule has 1 aromatic heterocycles. The zero-order chi connectivity index (χ0) is 12.7. The van der Waals surface area contributed by atoms with Crippen LogP contribution < -0.4 is 0 Å². The smallest absolute Gasteiger partial charge is 0.274 e. The minimum atomic E-state index is -0.217. The highest BCUT2D eigenvalue weighted by Crippen LogP contribution is 2.05. The fourth-order valence-corrected chi connectivity index (χ4v) is 1.33.